The number of anilines is 1. The molecule has 0 amide bonds. The molecule has 3 N–H and O–H groups in total. The molecule has 2 heterocycles. The van der Waals surface area contributed by atoms with E-state index in [0.717, 1.165) is 41.7 Å². The SMILES string of the molecule is COCCS(=O)(=O)Nc1cccc(C2(O)C3CCC2(Cc2cc4ccccc4o2)CNC3)c1. The number of rotatable bonds is 8. The van der Waals surface area contributed by atoms with Gasteiger partial charge in [-0.25, -0.2) is 8.42 Å². The molecule has 2 fully saturated rings. The smallest absolute Gasteiger partial charge is 0.234 e. The molecular weight excluding hydrogens is 440 g/mol. The van der Waals surface area contributed by atoms with Crippen LogP contribution in [0.5, 0.6) is 0 Å². The molecule has 33 heavy (non-hydrogen) atoms. The number of benzene rings is 2. The zero-order valence-electron chi connectivity index (χ0n) is 18.7. The molecule has 0 radical (unpaired) electrons. The summed E-state index contributed by atoms with van der Waals surface area (Å²) in [6, 6.07) is 17.2. The first-order chi connectivity index (χ1) is 15.9. The van der Waals surface area contributed by atoms with E-state index in [0.29, 0.717) is 18.7 Å². The van der Waals surface area contributed by atoms with Crippen LogP contribution in [0, 0.1) is 11.3 Å². The van der Waals surface area contributed by atoms with Gasteiger partial charge in [-0.05, 0) is 42.7 Å². The van der Waals surface area contributed by atoms with E-state index in [1.807, 2.05) is 30.3 Å². The van der Waals surface area contributed by atoms with Crippen LogP contribution >= 0.6 is 0 Å². The Morgan fingerprint density at radius 2 is 2.06 bits per heavy atom. The van der Waals surface area contributed by atoms with Crippen LogP contribution in [0.15, 0.2) is 59.0 Å². The average molecular weight is 471 g/mol. The number of nitrogens with one attached hydrogen (secondary N) is 2. The fourth-order valence-electron chi connectivity index (χ4n) is 5.77. The van der Waals surface area contributed by atoms with Gasteiger partial charge < -0.3 is 19.6 Å². The van der Waals surface area contributed by atoms with Crippen molar-refractivity contribution in [2.75, 3.05) is 37.3 Å². The van der Waals surface area contributed by atoms with Crippen molar-refractivity contribution < 1.29 is 22.7 Å². The highest BCUT2D eigenvalue weighted by Crippen LogP contribution is 2.59. The molecule has 5 rings (SSSR count). The van der Waals surface area contributed by atoms with Crippen LogP contribution < -0.4 is 10.0 Å². The van der Waals surface area contributed by atoms with Gasteiger partial charge in [-0.3, -0.25) is 4.72 Å². The van der Waals surface area contributed by atoms with Gasteiger partial charge in [0.1, 0.15) is 16.9 Å². The lowest BCUT2D eigenvalue weighted by molar-refractivity contribution is -0.116. The number of methoxy groups -OCH3 is 1. The summed E-state index contributed by atoms with van der Waals surface area (Å²) in [6.07, 6.45) is 2.36. The van der Waals surface area contributed by atoms with E-state index in [2.05, 4.69) is 16.1 Å². The number of hydrogen-bond acceptors (Lipinski definition) is 6. The quantitative estimate of drug-likeness (QED) is 0.467. The molecule has 3 atom stereocenters. The number of fused-ring (bicyclic) bond motifs is 3. The van der Waals surface area contributed by atoms with E-state index in [-0.39, 0.29) is 18.3 Å². The van der Waals surface area contributed by atoms with Gasteiger partial charge in [-0.1, -0.05) is 30.3 Å². The Bertz CT molecular complexity index is 1220. The van der Waals surface area contributed by atoms with Crippen molar-refractivity contribution in [3.05, 3.63) is 65.9 Å². The van der Waals surface area contributed by atoms with Crippen molar-refractivity contribution in [3.8, 4) is 0 Å². The summed E-state index contributed by atoms with van der Waals surface area (Å²) in [6.45, 7) is 1.51. The van der Waals surface area contributed by atoms with E-state index in [1.54, 1.807) is 18.2 Å². The lowest BCUT2D eigenvalue weighted by Crippen LogP contribution is -2.58. The molecule has 2 aliphatic rings. The van der Waals surface area contributed by atoms with E-state index in [9.17, 15) is 13.5 Å². The number of para-hydroxylation sites is 1. The summed E-state index contributed by atoms with van der Waals surface area (Å²) in [5.74, 6) is 0.770. The molecule has 176 valence electrons. The van der Waals surface area contributed by atoms with Gasteiger partial charge in [0.05, 0.1) is 12.4 Å². The molecule has 7 nitrogen and oxygen atoms in total. The summed E-state index contributed by atoms with van der Waals surface area (Å²) < 4.78 is 38.4. The Hall–Kier alpha value is -2.39. The first kappa shape index (κ1) is 22.4. The molecule has 3 aromatic rings. The minimum atomic E-state index is -3.54. The monoisotopic (exact) mass is 470 g/mol. The van der Waals surface area contributed by atoms with Crippen LogP contribution in [0.4, 0.5) is 5.69 Å². The number of hydrogen-bond donors (Lipinski definition) is 3. The fraction of sp³-hybridized carbons (Fsp3) is 0.440. The Kier molecular flexibility index (Phi) is 5.73. The van der Waals surface area contributed by atoms with Gasteiger partial charge in [-0.15, -0.1) is 0 Å². The standard InChI is InChI=1S/C25H30N2O5S/c1-31-11-12-33(29,30)27-21-7-4-6-19(14-21)25(28)20-9-10-24(25,17-26-16-20)15-22-13-18-5-2-3-8-23(18)32-22/h2-8,13-14,20,26-28H,9-12,15-17H2,1H3. The number of ether oxygens (including phenoxy) is 1. The topological polar surface area (TPSA) is 101 Å². The van der Waals surface area contributed by atoms with E-state index >= 15 is 0 Å². The third kappa shape index (κ3) is 3.95. The summed E-state index contributed by atoms with van der Waals surface area (Å²) in [5.41, 5.74) is 0.504. The van der Waals surface area contributed by atoms with Crippen molar-refractivity contribution >= 4 is 26.7 Å². The molecule has 1 aliphatic carbocycles. The van der Waals surface area contributed by atoms with Crippen molar-refractivity contribution in [1.29, 1.82) is 0 Å². The number of piperidine rings is 1. The maximum Gasteiger partial charge on any atom is 0.234 e. The van der Waals surface area contributed by atoms with Crippen LogP contribution in [0.1, 0.15) is 24.2 Å². The van der Waals surface area contributed by atoms with Crippen molar-refractivity contribution in [2.24, 2.45) is 11.3 Å². The van der Waals surface area contributed by atoms with Crippen LogP contribution in [-0.2, 0) is 26.8 Å². The predicted octanol–water partition coefficient (Wildman–Crippen LogP) is 3.25. The van der Waals surface area contributed by atoms with Gasteiger partial charge in [0, 0.05) is 49.0 Å². The molecule has 8 heteroatoms. The maximum absolute atomic E-state index is 12.4. The summed E-state index contributed by atoms with van der Waals surface area (Å²) in [7, 11) is -2.07. The largest absolute Gasteiger partial charge is 0.461 e. The highest BCUT2D eigenvalue weighted by atomic mass is 32.2. The predicted molar refractivity (Wildman–Crippen MR) is 128 cm³/mol. The Balaban J connectivity index is 1.49. The summed E-state index contributed by atoms with van der Waals surface area (Å²) in [4.78, 5) is 0. The summed E-state index contributed by atoms with van der Waals surface area (Å²) >= 11 is 0. The van der Waals surface area contributed by atoms with Crippen LogP contribution in [0.25, 0.3) is 11.0 Å². The van der Waals surface area contributed by atoms with Gasteiger partial charge >= 0.3 is 0 Å². The normalized spacial score (nSPS) is 27.2. The molecular formula is C25H30N2O5S. The Morgan fingerprint density at radius 3 is 2.88 bits per heavy atom. The second-order valence-corrected chi connectivity index (χ2v) is 11.2. The van der Waals surface area contributed by atoms with E-state index in [1.165, 1.54) is 7.11 Å². The number of furan rings is 1. The summed E-state index contributed by atoms with van der Waals surface area (Å²) in [5, 5.41) is 16.9. The van der Waals surface area contributed by atoms with Crippen molar-refractivity contribution in [2.45, 2.75) is 24.9 Å². The molecule has 3 unspecified atom stereocenters. The van der Waals surface area contributed by atoms with Gasteiger partial charge in [0.15, 0.2) is 0 Å². The number of aliphatic hydroxyl groups is 1. The lowest BCUT2D eigenvalue weighted by Gasteiger charge is -2.49. The molecule has 2 bridgehead atoms. The fourth-order valence-corrected chi connectivity index (χ4v) is 6.74. The van der Waals surface area contributed by atoms with Gasteiger partial charge in [0.2, 0.25) is 10.0 Å². The van der Waals surface area contributed by atoms with E-state index in [4.69, 9.17) is 9.15 Å². The minimum absolute atomic E-state index is 0.0379. The molecule has 1 saturated heterocycles. The molecule has 2 aromatic carbocycles. The highest BCUT2D eigenvalue weighted by molar-refractivity contribution is 7.92. The maximum atomic E-state index is 12.4. The van der Waals surface area contributed by atoms with Crippen molar-refractivity contribution in [1.82, 2.24) is 5.32 Å². The van der Waals surface area contributed by atoms with Crippen LogP contribution in [-0.4, -0.2) is 46.1 Å². The van der Waals surface area contributed by atoms with Gasteiger partial charge in [-0.2, -0.15) is 0 Å². The molecule has 1 aromatic heterocycles. The zero-order chi connectivity index (χ0) is 23.1. The number of sulfonamides is 1. The van der Waals surface area contributed by atoms with Gasteiger partial charge in [0.25, 0.3) is 0 Å². The highest BCUT2D eigenvalue weighted by Gasteiger charge is 2.62. The Labute approximate surface area is 194 Å². The molecule has 0 spiro atoms. The lowest BCUT2D eigenvalue weighted by atomic mass is 9.63. The van der Waals surface area contributed by atoms with Crippen LogP contribution in [0.3, 0.4) is 0 Å². The minimum Gasteiger partial charge on any atom is -0.461 e. The third-order valence-corrected chi connectivity index (χ3v) is 8.60. The van der Waals surface area contributed by atoms with Crippen LogP contribution in [0.2, 0.25) is 0 Å². The second kappa shape index (κ2) is 8.43. The second-order valence-electron chi connectivity index (χ2n) is 9.34. The zero-order valence-corrected chi connectivity index (χ0v) is 19.5. The average Bonchev–Trinajstić information content (AvgIpc) is 3.22. The third-order valence-electron chi connectivity index (χ3n) is 7.35. The molecule has 1 aliphatic heterocycles. The first-order valence-electron chi connectivity index (χ1n) is 11.4. The Morgan fingerprint density at radius 1 is 1.21 bits per heavy atom. The van der Waals surface area contributed by atoms with E-state index < -0.39 is 21.0 Å². The molecule has 1 saturated carbocycles. The first-order valence-corrected chi connectivity index (χ1v) is 13.0. The van der Waals surface area contributed by atoms with Crippen molar-refractivity contribution in [3.63, 3.8) is 0 Å².